The number of carboxylic acid groups (broad SMARTS) is 1. The summed E-state index contributed by atoms with van der Waals surface area (Å²) in [6.07, 6.45) is 5.10. The number of H-pyrrole nitrogens is 2. The van der Waals surface area contributed by atoms with Gasteiger partial charge in [-0.05, 0) is 45.2 Å². The summed E-state index contributed by atoms with van der Waals surface area (Å²) in [4.78, 5) is 32.6. The molecule has 1 unspecified atom stereocenters. The molecule has 0 radical (unpaired) electrons. The van der Waals surface area contributed by atoms with Crippen LogP contribution in [0.3, 0.4) is 0 Å². The van der Waals surface area contributed by atoms with Gasteiger partial charge in [0.25, 0.3) is 5.91 Å². The Balaban J connectivity index is 1.62. The van der Waals surface area contributed by atoms with E-state index in [-0.39, 0.29) is 34.8 Å². The average molecular weight is 531 g/mol. The first-order chi connectivity index (χ1) is 17.6. The van der Waals surface area contributed by atoms with Gasteiger partial charge in [-0.25, -0.2) is 18.2 Å². The number of aliphatic carboxylic acids is 1. The Bertz CT molecular complexity index is 1490. The summed E-state index contributed by atoms with van der Waals surface area (Å²) in [6.45, 7) is 3.25. The number of aromatic amines is 2. The van der Waals surface area contributed by atoms with Crippen molar-refractivity contribution in [3.05, 3.63) is 53.8 Å². The lowest BCUT2D eigenvalue weighted by molar-refractivity contribution is -0.145. The first kappa shape index (κ1) is 25.8. The minimum absolute atomic E-state index is 0.0126. The van der Waals surface area contributed by atoms with Crippen LogP contribution in [-0.4, -0.2) is 62.9 Å². The summed E-state index contributed by atoms with van der Waals surface area (Å²) in [6, 6.07) is 4.80. The number of aromatic nitrogens is 5. The molecule has 15 heteroatoms. The largest absolute Gasteiger partial charge is 0.478 e. The fourth-order valence-corrected chi connectivity index (χ4v) is 5.64. The summed E-state index contributed by atoms with van der Waals surface area (Å²) in [5.74, 6) is -1.83. The van der Waals surface area contributed by atoms with Crippen LogP contribution >= 0.6 is 0 Å². The van der Waals surface area contributed by atoms with Crippen molar-refractivity contribution >= 4 is 38.8 Å². The van der Waals surface area contributed by atoms with Crippen molar-refractivity contribution in [1.82, 2.24) is 35.4 Å². The molecular weight excluding hydrogens is 504 g/mol. The van der Waals surface area contributed by atoms with Crippen molar-refractivity contribution in [3.8, 4) is 0 Å². The van der Waals surface area contributed by atoms with Crippen LogP contribution in [0, 0.1) is 13.8 Å². The Labute approximate surface area is 211 Å². The molecule has 0 saturated carbocycles. The molecule has 37 heavy (non-hydrogen) atoms. The highest BCUT2D eigenvalue weighted by Gasteiger charge is 2.45. The number of imidazole rings is 1. The number of carboxylic acids is 1. The van der Waals surface area contributed by atoms with Gasteiger partial charge in [0.15, 0.2) is 11.7 Å². The minimum atomic E-state index is -4.47. The lowest BCUT2D eigenvalue weighted by Crippen LogP contribution is -2.65. The van der Waals surface area contributed by atoms with E-state index in [0.717, 1.165) is 0 Å². The number of anilines is 1. The van der Waals surface area contributed by atoms with Crippen molar-refractivity contribution in [2.75, 3.05) is 11.9 Å². The summed E-state index contributed by atoms with van der Waals surface area (Å²) in [5.41, 5.74) is -1.62. The third-order valence-electron chi connectivity index (χ3n) is 5.74. The predicted octanol–water partition coefficient (Wildman–Crippen LogP) is 1.66. The van der Waals surface area contributed by atoms with Gasteiger partial charge < -0.3 is 25.2 Å². The molecule has 3 aromatic heterocycles. The molecule has 3 heterocycles. The van der Waals surface area contributed by atoms with Gasteiger partial charge >= 0.3 is 5.97 Å². The third kappa shape index (κ3) is 5.46. The van der Waals surface area contributed by atoms with Crippen LogP contribution < -0.4 is 15.4 Å². The molecule has 0 aliphatic rings. The highest BCUT2D eigenvalue weighted by molar-refractivity contribution is 7.89. The number of hydrogen-bond donors (Lipinski definition) is 6. The molecule has 0 aliphatic carbocycles. The summed E-state index contributed by atoms with van der Waals surface area (Å²) in [7, 11) is -4.47. The fraction of sp³-hybridized carbons (Fsp3) is 0.318. The van der Waals surface area contributed by atoms with Crippen molar-refractivity contribution in [2.45, 2.75) is 43.7 Å². The third-order valence-corrected chi connectivity index (χ3v) is 7.47. The second-order valence-corrected chi connectivity index (χ2v) is 10.0. The van der Waals surface area contributed by atoms with E-state index >= 15 is 0 Å². The standard InChI is InChI=1S/C22H26N8O6S/c1-13-18(14(2)36-29-13)37(34,35)30-22(20(32)33,8-3-4-9-23-21-24-10-11-25-21)27-19(31)15-6-5-7-17-16(15)12-26-28-17/h5-7,10-12,30H,3-4,8-9H2,1-2H3,(H,26,28)(H,27,31)(H,32,33)(H2,23,24,25). The second kappa shape index (κ2) is 10.4. The number of fused-ring (bicyclic) bond motifs is 1. The van der Waals surface area contributed by atoms with Crippen LogP contribution in [0.1, 0.15) is 41.1 Å². The topological polar surface area (TPSA) is 208 Å². The van der Waals surface area contributed by atoms with Gasteiger partial charge in [-0.15, -0.1) is 0 Å². The average Bonchev–Trinajstić information content (AvgIpc) is 3.59. The molecule has 0 saturated heterocycles. The normalized spacial score (nSPS) is 13.4. The number of carbonyl (C=O) groups is 2. The molecule has 1 aromatic carbocycles. The van der Waals surface area contributed by atoms with Gasteiger partial charge in [-0.2, -0.15) is 9.82 Å². The fourth-order valence-electron chi connectivity index (χ4n) is 3.99. The Hall–Kier alpha value is -4.24. The van der Waals surface area contributed by atoms with E-state index < -0.39 is 27.6 Å². The summed E-state index contributed by atoms with van der Waals surface area (Å²) >= 11 is 0. The Morgan fingerprint density at radius 2 is 2.03 bits per heavy atom. The first-order valence-electron chi connectivity index (χ1n) is 11.3. The molecule has 0 aliphatic heterocycles. The van der Waals surface area contributed by atoms with Crippen LogP contribution in [-0.2, 0) is 14.8 Å². The maximum absolute atomic E-state index is 13.3. The van der Waals surface area contributed by atoms with Gasteiger partial charge in [0.05, 0.1) is 17.3 Å². The molecule has 4 rings (SSSR count). The lowest BCUT2D eigenvalue weighted by atomic mass is 10.0. The van der Waals surface area contributed by atoms with Crippen LogP contribution in [0.15, 0.2) is 46.2 Å². The lowest BCUT2D eigenvalue weighted by Gasteiger charge is -2.31. The smallest absolute Gasteiger partial charge is 0.345 e. The molecule has 1 atom stereocenters. The number of nitrogens with one attached hydrogen (secondary N) is 5. The monoisotopic (exact) mass is 530 g/mol. The van der Waals surface area contributed by atoms with Crippen LogP contribution in [0.2, 0.25) is 0 Å². The number of aryl methyl sites for hydroxylation is 2. The Kier molecular flexibility index (Phi) is 7.26. The van der Waals surface area contributed by atoms with Gasteiger partial charge in [-0.3, -0.25) is 9.89 Å². The first-order valence-corrected chi connectivity index (χ1v) is 12.8. The number of carbonyl (C=O) groups excluding carboxylic acids is 1. The summed E-state index contributed by atoms with van der Waals surface area (Å²) < 4.78 is 33.8. The van der Waals surface area contributed by atoms with E-state index in [2.05, 4.69) is 40.7 Å². The molecule has 196 valence electrons. The zero-order chi connectivity index (χ0) is 26.6. The number of benzene rings is 1. The molecule has 0 bridgehead atoms. The maximum atomic E-state index is 13.3. The van der Waals surface area contributed by atoms with Crippen molar-refractivity contribution < 1.29 is 27.6 Å². The number of rotatable bonds is 12. The van der Waals surface area contributed by atoms with Gasteiger partial charge in [-0.1, -0.05) is 11.2 Å². The highest BCUT2D eigenvalue weighted by Crippen LogP contribution is 2.24. The van der Waals surface area contributed by atoms with E-state index in [1.54, 1.807) is 24.5 Å². The maximum Gasteiger partial charge on any atom is 0.345 e. The Morgan fingerprint density at radius 1 is 1.22 bits per heavy atom. The molecule has 4 aromatic rings. The molecular formula is C22H26N8O6S. The van der Waals surface area contributed by atoms with Crippen molar-refractivity contribution in [2.24, 2.45) is 0 Å². The van der Waals surface area contributed by atoms with Gasteiger partial charge in [0, 0.05) is 24.3 Å². The van der Waals surface area contributed by atoms with Gasteiger partial charge in [0.1, 0.15) is 10.6 Å². The number of unbranched alkanes of at least 4 members (excludes halogenated alkanes) is 1. The SMILES string of the molecule is Cc1noc(C)c1S(=O)(=O)NC(CCCCNc1ncc[nH]1)(NC(=O)c1cccc2[nH]ncc12)C(=O)O. The van der Waals surface area contributed by atoms with Crippen molar-refractivity contribution in [3.63, 3.8) is 0 Å². The molecule has 14 nitrogen and oxygen atoms in total. The van der Waals surface area contributed by atoms with E-state index in [9.17, 15) is 23.1 Å². The zero-order valence-corrected chi connectivity index (χ0v) is 20.8. The van der Waals surface area contributed by atoms with E-state index in [0.29, 0.717) is 29.8 Å². The van der Waals surface area contributed by atoms with Crippen LogP contribution in [0.5, 0.6) is 0 Å². The second-order valence-electron chi connectivity index (χ2n) is 8.38. The van der Waals surface area contributed by atoms with Crippen molar-refractivity contribution in [1.29, 1.82) is 0 Å². The minimum Gasteiger partial charge on any atom is -0.478 e. The highest BCUT2D eigenvalue weighted by atomic mass is 32.2. The molecule has 6 N–H and O–H groups in total. The number of amides is 1. The summed E-state index contributed by atoms with van der Waals surface area (Å²) in [5, 5.41) is 26.5. The number of hydrogen-bond acceptors (Lipinski definition) is 9. The predicted molar refractivity (Wildman–Crippen MR) is 131 cm³/mol. The molecule has 1 amide bonds. The van der Waals surface area contributed by atoms with Crippen LogP contribution in [0.25, 0.3) is 10.9 Å². The van der Waals surface area contributed by atoms with Gasteiger partial charge in [0.2, 0.25) is 15.7 Å². The quantitative estimate of drug-likeness (QED) is 0.115. The van der Waals surface area contributed by atoms with E-state index in [1.807, 2.05) is 0 Å². The van der Waals surface area contributed by atoms with E-state index in [4.69, 9.17) is 4.52 Å². The molecule has 0 spiro atoms. The zero-order valence-electron chi connectivity index (χ0n) is 20.0. The van der Waals surface area contributed by atoms with E-state index in [1.165, 1.54) is 26.1 Å². The molecule has 0 fully saturated rings. The number of nitrogens with zero attached hydrogens (tertiary/aromatic N) is 3. The Morgan fingerprint density at radius 3 is 2.70 bits per heavy atom. The number of sulfonamides is 1. The van der Waals surface area contributed by atoms with Crippen LogP contribution in [0.4, 0.5) is 5.95 Å².